The fraction of sp³-hybridized carbons (Fsp3) is 0.511. The highest BCUT2D eigenvalue weighted by Gasteiger charge is 2.50. The molecule has 22 nitrogen and oxygen atoms in total. The molecule has 10 N–H and O–H groups in total. The van der Waals surface area contributed by atoms with E-state index in [0.29, 0.717) is 21.8 Å². The lowest BCUT2D eigenvalue weighted by atomic mass is 9.79. The number of aromatic amines is 1. The van der Waals surface area contributed by atoms with Crippen LogP contribution in [0, 0.1) is 23.7 Å². The van der Waals surface area contributed by atoms with Crippen molar-refractivity contribution in [3.05, 3.63) is 90.2 Å². The van der Waals surface area contributed by atoms with Crippen LogP contribution in [-0.2, 0) is 60.3 Å². The lowest BCUT2D eigenvalue weighted by Gasteiger charge is -2.43. The third kappa shape index (κ3) is 9.44. The van der Waals surface area contributed by atoms with Crippen molar-refractivity contribution in [1.82, 2.24) is 9.97 Å². The van der Waals surface area contributed by atoms with Gasteiger partial charge >= 0.3 is 17.9 Å². The molecule has 16 atom stereocenters. The third-order valence-electron chi connectivity index (χ3n) is 12.8. The molecule has 22 heteroatoms. The van der Waals surface area contributed by atoms with Gasteiger partial charge in [0, 0.05) is 40.0 Å². The SMILES string of the molecule is C=C[C@H]1[C@H](O[C@@H]2O[C@H](CO)[C@@H](O)[C@H](O)[C@H]2O)OC=C(C(=O)OC)[C@H]1CCc1c(C(=O)O)nc(C[C@@H]2C(C(=O)OC)=CO[C@@H](O[C@@H]3O[C@H](CO)[C@@H](O)[C@H](O)[C@H]3O)[C@@H]2C=C)c2[nH]c3ccccc3c12. The summed E-state index contributed by atoms with van der Waals surface area (Å²) in [5, 5.41) is 94.4. The zero-order chi connectivity index (χ0) is 48.4. The Labute approximate surface area is 381 Å². The summed E-state index contributed by atoms with van der Waals surface area (Å²) in [7, 11) is 2.32. The van der Waals surface area contributed by atoms with Gasteiger partial charge in [0.05, 0.1) is 62.3 Å². The summed E-state index contributed by atoms with van der Waals surface area (Å²) in [5.74, 6) is -6.66. The Morgan fingerprint density at radius 3 is 1.73 bits per heavy atom. The number of methoxy groups -OCH3 is 2. The summed E-state index contributed by atoms with van der Waals surface area (Å²) >= 11 is 0. The van der Waals surface area contributed by atoms with E-state index in [1.54, 1.807) is 24.3 Å². The lowest BCUT2D eigenvalue weighted by Crippen LogP contribution is -2.60. The van der Waals surface area contributed by atoms with E-state index in [9.17, 15) is 60.3 Å². The number of aromatic carboxylic acids is 1. The van der Waals surface area contributed by atoms with Gasteiger partial charge in [-0.3, -0.25) is 0 Å². The van der Waals surface area contributed by atoms with E-state index < -0.39 is 129 Å². The number of benzene rings is 1. The molecule has 0 aliphatic carbocycles. The van der Waals surface area contributed by atoms with Crippen molar-refractivity contribution < 1.29 is 98.2 Å². The van der Waals surface area contributed by atoms with E-state index in [1.165, 1.54) is 19.3 Å². The van der Waals surface area contributed by atoms with Crippen molar-refractivity contribution in [3.8, 4) is 0 Å². The summed E-state index contributed by atoms with van der Waals surface area (Å²) < 4.78 is 44.8. The van der Waals surface area contributed by atoms with Gasteiger partial charge in [-0.2, -0.15) is 0 Å². The van der Waals surface area contributed by atoms with Gasteiger partial charge in [0.15, 0.2) is 18.3 Å². The molecule has 4 aliphatic rings. The van der Waals surface area contributed by atoms with Gasteiger partial charge in [-0.1, -0.05) is 30.4 Å². The second-order valence-electron chi connectivity index (χ2n) is 16.5. The maximum atomic E-state index is 13.4. The largest absolute Gasteiger partial charge is 0.477 e. The number of hydrogen-bond acceptors (Lipinski definition) is 20. The fourth-order valence-electron chi connectivity index (χ4n) is 9.20. The molecule has 6 heterocycles. The summed E-state index contributed by atoms with van der Waals surface area (Å²) in [6, 6.07) is 7.09. The number of aromatic nitrogens is 2. The normalized spacial score (nSPS) is 34.3. The molecular formula is C45H54N2O20. The van der Waals surface area contributed by atoms with Crippen LogP contribution in [0.25, 0.3) is 21.8 Å². The minimum Gasteiger partial charge on any atom is -0.477 e. The zero-order valence-electron chi connectivity index (χ0n) is 36.3. The Balaban J connectivity index is 1.26. The molecule has 0 spiro atoms. The number of hydrogen-bond donors (Lipinski definition) is 10. The number of pyridine rings is 1. The number of fused-ring (bicyclic) bond motifs is 3. The maximum Gasteiger partial charge on any atom is 0.354 e. The molecule has 0 bridgehead atoms. The average molecular weight is 943 g/mol. The van der Waals surface area contributed by atoms with Gasteiger partial charge in [-0.15, -0.1) is 13.2 Å². The number of H-pyrrole nitrogens is 1. The second kappa shape index (κ2) is 20.9. The molecule has 7 rings (SSSR count). The standard InChI is InChI=1S/C45H54N2O20/c1-5-18-20(24(40(58)60-3)16-62-42(18)66-44-37(54)35(52)33(50)28(14-48)64-44)11-12-22-30-21-9-7-8-10-26(21)46-32(30)27(47-31(22)39(56)57)13-23-19(6-2)43(63-17-25(23)41(59)61-4)67-45-38(55)36(53)34(51)29(15-49)65-45/h5-10,16-20,23,28-29,33-38,42-46,48-55H,1-2,11-15H2,3-4H3,(H,56,57)/t18-,19-,20+,23+,28-,29-,33-,34-,35+,36+,37-,38-,42+,43+,44+,45+/m1/s1. The van der Waals surface area contributed by atoms with Crippen molar-refractivity contribution >= 4 is 39.7 Å². The Kier molecular flexibility index (Phi) is 15.5. The first-order valence-electron chi connectivity index (χ1n) is 21.3. The zero-order valence-corrected chi connectivity index (χ0v) is 36.3. The molecule has 1 aromatic carbocycles. The van der Waals surface area contributed by atoms with E-state index in [2.05, 4.69) is 18.1 Å². The molecule has 0 unspecified atom stereocenters. The highest BCUT2D eigenvalue weighted by atomic mass is 16.8. The van der Waals surface area contributed by atoms with Crippen molar-refractivity contribution in [3.63, 3.8) is 0 Å². The van der Waals surface area contributed by atoms with Gasteiger partial charge in [-0.05, 0) is 30.9 Å². The first-order valence-corrected chi connectivity index (χ1v) is 21.3. The second-order valence-corrected chi connectivity index (χ2v) is 16.5. The van der Waals surface area contributed by atoms with Gasteiger partial charge in [0.2, 0.25) is 12.6 Å². The predicted molar refractivity (Wildman–Crippen MR) is 227 cm³/mol. The molecule has 2 aromatic heterocycles. The van der Waals surface area contributed by atoms with Crippen LogP contribution in [0.2, 0.25) is 0 Å². The van der Waals surface area contributed by atoms with Gasteiger partial charge < -0.3 is 88.8 Å². The number of para-hydroxylation sites is 1. The van der Waals surface area contributed by atoms with E-state index in [-0.39, 0.29) is 47.4 Å². The summed E-state index contributed by atoms with van der Waals surface area (Å²) in [5.41, 5.74) is 1.10. The highest BCUT2D eigenvalue weighted by molar-refractivity contribution is 6.12. The number of aliphatic hydroxyl groups excluding tert-OH is 8. The Morgan fingerprint density at radius 2 is 1.24 bits per heavy atom. The Hall–Kier alpha value is -5.34. The first kappa shape index (κ1) is 49.6. The molecule has 67 heavy (non-hydrogen) atoms. The van der Waals surface area contributed by atoms with E-state index in [4.69, 9.17) is 42.9 Å². The van der Waals surface area contributed by atoms with Crippen LogP contribution in [0.15, 0.2) is 73.2 Å². The van der Waals surface area contributed by atoms with Crippen LogP contribution in [-0.4, -0.2) is 175 Å². The van der Waals surface area contributed by atoms with E-state index >= 15 is 0 Å². The number of aryl methyl sites for hydroxylation is 1. The minimum absolute atomic E-state index is 0.00864. The van der Waals surface area contributed by atoms with Crippen LogP contribution >= 0.6 is 0 Å². The molecular weight excluding hydrogens is 888 g/mol. The Morgan fingerprint density at radius 1 is 0.731 bits per heavy atom. The number of nitrogens with zero attached hydrogens (tertiary/aromatic N) is 1. The molecule has 0 saturated carbocycles. The number of carbonyl (C=O) groups excluding carboxylic acids is 2. The van der Waals surface area contributed by atoms with Crippen LogP contribution in [0.3, 0.4) is 0 Å². The number of aliphatic hydroxyl groups is 8. The Bertz CT molecular complexity index is 2380. The smallest absolute Gasteiger partial charge is 0.354 e. The third-order valence-corrected chi connectivity index (χ3v) is 12.8. The van der Waals surface area contributed by atoms with E-state index in [0.717, 1.165) is 19.6 Å². The molecule has 0 amide bonds. The summed E-state index contributed by atoms with van der Waals surface area (Å²) in [6.45, 7) is 6.41. The van der Waals surface area contributed by atoms with Crippen molar-refractivity contribution in [2.24, 2.45) is 23.7 Å². The van der Waals surface area contributed by atoms with Crippen LogP contribution in [0.4, 0.5) is 0 Å². The van der Waals surface area contributed by atoms with Crippen molar-refractivity contribution in [2.75, 3.05) is 27.4 Å². The summed E-state index contributed by atoms with van der Waals surface area (Å²) in [4.78, 5) is 48.0. The van der Waals surface area contributed by atoms with Gasteiger partial charge in [0.25, 0.3) is 0 Å². The van der Waals surface area contributed by atoms with Gasteiger partial charge in [-0.25, -0.2) is 19.4 Å². The molecule has 2 fully saturated rings. The van der Waals surface area contributed by atoms with Crippen molar-refractivity contribution in [1.29, 1.82) is 0 Å². The minimum atomic E-state index is -1.79. The van der Waals surface area contributed by atoms with Crippen LogP contribution < -0.4 is 0 Å². The number of esters is 2. The van der Waals surface area contributed by atoms with Crippen molar-refractivity contribution in [2.45, 2.75) is 93.3 Å². The van der Waals surface area contributed by atoms with Crippen LogP contribution in [0.5, 0.6) is 0 Å². The highest BCUT2D eigenvalue weighted by Crippen LogP contribution is 2.42. The number of carboxylic acids is 1. The average Bonchev–Trinajstić information content (AvgIpc) is 3.73. The van der Waals surface area contributed by atoms with Gasteiger partial charge in [0.1, 0.15) is 48.8 Å². The quantitative estimate of drug-likeness (QED) is 0.0620. The number of nitrogens with one attached hydrogen (secondary N) is 1. The topological polar surface area (TPSA) is 336 Å². The molecule has 364 valence electrons. The monoisotopic (exact) mass is 942 g/mol. The number of carbonyl (C=O) groups is 3. The molecule has 3 aromatic rings. The lowest BCUT2D eigenvalue weighted by molar-refractivity contribution is -0.339. The maximum absolute atomic E-state index is 13.4. The number of carboxylic acid groups (broad SMARTS) is 1. The van der Waals surface area contributed by atoms with Crippen LogP contribution in [0.1, 0.15) is 28.2 Å². The number of rotatable bonds is 16. The molecule has 4 aliphatic heterocycles. The number of ether oxygens (including phenoxy) is 8. The molecule has 0 radical (unpaired) electrons. The first-order chi connectivity index (χ1) is 32.1. The molecule has 2 saturated heterocycles. The fourth-order valence-corrected chi connectivity index (χ4v) is 9.20. The predicted octanol–water partition coefficient (Wildman–Crippen LogP) is -0.814. The summed E-state index contributed by atoms with van der Waals surface area (Å²) in [6.07, 6.45) is -14.1. The van der Waals surface area contributed by atoms with E-state index in [1.807, 2.05) is 0 Å².